The Morgan fingerprint density at radius 3 is 2.44 bits per heavy atom. The number of benzene rings is 3. The normalized spacial score (nSPS) is 17.5. The number of Topliss-reactive ketones (excluding diaryl/α,β-unsaturated/α-hetero) is 1. The number of aromatic nitrogens is 1. The van der Waals surface area contributed by atoms with Crippen LogP contribution in [0.15, 0.2) is 76.1 Å². The molecule has 1 N–H and O–H groups in total. The molecule has 1 fully saturated rings. The van der Waals surface area contributed by atoms with Crippen molar-refractivity contribution in [1.29, 1.82) is 0 Å². The Balaban J connectivity index is 1.69. The number of amides is 1. The molecule has 3 aromatic carbocycles. The Morgan fingerprint density at radius 1 is 1.06 bits per heavy atom. The average Bonchev–Trinajstić information content (AvgIpc) is 3.38. The number of methoxy groups -OCH3 is 1. The van der Waals surface area contributed by atoms with E-state index < -0.39 is 17.7 Å². The smallest absolute Gasteiger partial charge is 0.301 e. The van der Waals surface area contributed by atoms with Crippen LogP contribution in [0.1, 0.15) is 22.9 Å². The zero-order valence-electron chi connectivity index (χ0n) is 18.3. The van der Waals surface area contributed by atoms with Crippen molar-refractivity contribution in [3.05, 3.63) is 92.9 Å². The zero-order chi connectivity index (χ0) is 24.0. The number of hydrogen-bond donors (Lipinski definition) is 1. The molecule has 34 heavy (non-hydrogen) atoms. The topological polar surface area (TPSA) is 79.7 Å². The highest BCUT2D eigenvalue weighted by atomic mass is 79.9. The van der Waals surface area contributed by atoms with Crippen molar-refractivity contribution >= 4 is 60.6 Å². The number of carbonyl (C=O) groups is 2. The molecular weight excluding hydrogens is 516 g/mol. The number of anilines is 1. The molecule has 0 bridgehead atoms. The Kier molecular flexibility index (Phi) is 5.71. The molecule has 0 radical (unpaired) electrons. The van der Waals surface area contributed by atoms with E-state index in [1.54, 1.807) is 19.2 Å². The van der Waals surface area contributed by atoms with Gasteiger partial charge in [0.05, 0.1) is 24.4 Å². The van der Waals surface area contributed by atoms with Gasteiger partial charge in [-0.05, 0) is 53.6 Å². The fraction of sp³-hybridized carbons (Fsp3) is 0.115. The number of ether oxygens (including phenoxy) is 1. The van der Waals surface area contributed by atoms with E-state index in [0.29, 0.717) is 16.3 Å². The van der Waals surface area contributed by atoms with Gasteiger partial charge in [-0.3, -0.25) is 14.5 Å². The van der Waals surface area contributed by atoms with Crippen LogP contribution in [0, 0.1) is 6.92 Å². The van der Waals surface area contributed by atoms with E-state index in [1.165, 1.54) is 16.2 Å². The number of aryl methyl sites for hydroxylation is 1. The van der Waals surface area contributed by atoms with Crippen molar-refractivity contribution in [3.63, 3.8) is 0 Å². The van der Waals surface area contributed by atoms with Crippen LogP contribution in [0.4, 0.5) is 5.13 Å². The summed E-state index contributed by atoms with van der Waals surface area (Å²) in [4.78, 5) is 32.2. The Hall–Kier alpha value is -3.49. The molecule has 0 spiro atoms. The lowest BCUT2D eigenvalue weighted by Crippen LogP contribution is -2.29. The van der Waals surface area contributed by atoms with E-state index in [-0.39, 0.29) is 11.3 Å². The van der Waals surface area contributed by atoms with Crippen molar-refractivity contribution in [2.45, 2.75) is 13.0 Å². The Bertz CT molecular complexity index is 1480. The van der Waals surface area contributed by atoms with Gasteiger partial charge in [-0.25, -0.2) is 4.98 Å². The molecule has 5 rings (SSSR count). The monoisotopic (exact) mass is 534 g/mol. The van der Waals surface area contributed by atoms with Gasteiger partial charge in [-0.2, -0.15) is 0 Å². The average molecular weight is 535 g/mol. The number of fused-ring (bicyclic) bond motifs is 1. The number of thiazole rings is 1. The molecule has 6 nitrogen and oxygen atoms in total. The van der Waals surface area contributed by atoms with Crippen LogP contribution in [0.5, 0.6) is 5.75 Å². The highest BCUT2D eigenvalue weighted by Crippen LogP contribution is 2.43. The van der Waals surface area contributed by atoms with Crippen molar-refractivity contribution in [2.24, 2.45) is 0 Å². The van der Waals surface area contributed by atoms with Crippen LogP contribution in [0.2, 0.25) is 0 Å². The summed E-state index contributed by atoms with van der Waals surface area (Å²) in [5.74, 6) is -0.953. The first-order valence-corrected chi connectivity index (χ1v) is 12.1. The lowest BCUT2D eigenvalue weighted by molar-refractivity contribution is -0.132. The van der Waals surface area contributed by atoms with E-state index in [1.807, 2.05) is 60.8 Å². The fourth-order valence-electron chi connectivity index (χ4n) is 4.10. The highest BCUT2D eigenvalue weighted by Gasteiger charge is 2.48. The van der Waals surface area contributed by atoms with Crippen LogP contribution in [0.3, 0.4) is 0 Å². The number of nitrogens with zero attached hydrogens (tertiary/aromatic N) is 2. The summed E-state index contributed by atoms with van der Waals surface area (Å²) in [6.07, 6.45) is 0. The van der Waals surface area contributed by atoms with E-state index in [2.05, 4.69) is 20.9 Å². The largest absolute Gasteiger partial charge is 0.507 e. The van der Waals surface area contributed by atoms with Crippen molar-refractivity contribution in [2.75, 3.05) is 12.0 Å². The number of hydrogen-bond acceptors (Lipinski definition) is 6. The Morgan fingerprint density at radius 2 is 1.76 bits per heavy atom. The molecule has 2 heterocycles. The van der Waals surface area contributed by atoms with Crippen LogP contribution in [0.25, 0.3) is 16.5 Å². The second-order valence-corrected chi connectivity index (χ2v) is 9.67. The standard InChI is InChI=1S/C26H19BrN2O4S/c1-14-13-34-26(28-14)29-22(15-5-8-19(27)9-6-15)21(24(31)25(29)32)23(30)18-4-3-17-12-20(33-2)10-7-16(17)11-18/h3-13,22,30H,1-2H3/b23-21+. The van der Waals surface area contributed by atoms with E-state index in [0.717, 1.165) is 26.7 Å². The van der Waals surface area contributed by atoms with Gasteiger partial charge in [-0.15, -0.1) is 11.3 Å². The molecule has 0 aliphatic carbocycles. The maximum absolute atomic E-state index is 13.3. The summed E-state index contributed by atoms with van der Waals surface area (Å²) < 4.78 is 6.14. The van der Waals surface area contributed by atoms with Gasteiger partial charge in [0, 0.05) is 15.4 Å². The number of aliphatic hydroxyl groups excluding tert-OH is 1. The molecule has 1 aliphatic rings. The molecule has 1 aliphatic heterocycles. The van der Waals surface area contributed by atoms with Crippen molar-refractivity contribution < 1.29 is 19.4 Å². The number of aliphatic hydroxyl groups is 1. The molecule has 0 saturated carbocycles. The summed E-state index contributed by atoms with van der Waals surface area (Å²) in [5, 5.41) is 15.4. The van der Waals surface area contributed by atoms with Gasteiger partial charge in [0.2, 0.25) is 0 Å². The lowest BCUT2D eigenvalue weighted by atomic mass is 9.94. The lowest BCUT2D eigenvalue weighted by Gasteiger charge is -2.23. The quantitative estimate of drug-likeness (QED) is 0.197. The minimum Gasteiger partial charge on any atom is -0.507 e. The first kappa shape index (κ1) is 22.3. The van der Waals surface area contributed by atoms with Gasteiger partial charge in [0.15, 0.2) is 5.13 Å². The third-order valence-corrected chi connectivity index (χ3v) is 7.25. The fourth-order valence-corrected chi connectivity index (χ4v) is 5.19. The van der Waals surface area contributed by atoms with E-state index in [9.17, 15) is 14.7 Å². The number of rotatable bonds is 4. The van der Waals surface area contributed by atoms with Gasteiger partial charge >= 0.3 is 5.91 Å². The first-order valence-electron chi connectivity index (χ1n) is 10.4. The summed E-state index contributed by atoms with van der Waals surface area (Å²) in [6, 6.07) is 17.5. The van der Waals surface area contributed by atoms with Gasteiger partial charge in [-0.1, -0.05) is 46.3 Å². The summed E-state index contributed by atoms with van der Waals surface area (Å²) in [5.41, 5.74) is 1.94. The first-order chi connectivity index (χ1) is 16.4. The predicted octanol–water partition coefficient (Wildman–Crippen LogP) is 6.00. The van der Waals surface area contributed by atoms with E-state index >= 15 is 0 Å². The maximum atomic E-state index is 13.3. The van der Waals surface area contributed by atoms with Crippen molar-refractivity contribution in [1.82, 2.24) is 4.98 Å². The molecule has 1 aromatic heterocycles. The van der Waals surface area contributed by atoms with Gasteiger partial charge < -0.3 is 9.84 Å². The molecule has 170 valence electrons. The third kappa shape index (κ3) is 3.78. The highest BCUT2D eigenvalue weighted by molar-refractivity contribution is 9.10. The molecule has 1 saturated heterocycles. The summed E-state index contributed by atoms with van der Waals surface area (Å²) in [7, 11) is 1.60. The molecule has 1 amide bonds. The van der Waals surface area contributed by atoms with Gasteiger partial charge in [0.1, 0.15) is 11.5 Å². The number of ketones is 1. The zero-order valence-corrected chi connectivity index (χ0v) is 20.7. The molecule has 1 atom stereocenters. The number of carbonyl (C=O) groups excluding carboxylic acids is 2. The van der Waals surface area contributed by atoms with Gasteiger partial charge in [0.25, 0.3) is 5.78 Å². The summed E-state index contributed by atoms with van der Waals surface area (Å²) in [6.45, 7) is 1.83. The maximum Gasteiger partial charge on any atom is 0.301 e. The minimum absolute atomic E-state index is 0.0352. The molecular formula is C26H19BrN2O4S. The van der Waals surface area contributed by atoms with Crippen LogP contribution in [-0.4, -0.2) is 28.9 Å². The number of halogens is 1. The SMILES string of the molecule is COc1ccc2cc(/C(O)=C3\C(=O)C(=O)N(c4nc(C)cs4)C3c3ccc(Br)cc3)ccc2c1. The van der Waals surface area contributed by atoms with Crippen LogP contribution in [-0.2, 0) is 9.59 Å². The predicted molar refractivity (Wildman–Crippen MR) is 136 cm³/mol. The molecule has 1 unspecified atom stereocenters. The van der Waals surface area contributed by atoms with Crippen molar-refractivity contribution in [3.8, 4) is 5.75 Å². The Labute approximate surface area is 208 Å². The minimum atomic E-state index is -0.801. The second-order valence-electron chi connectivity index (χ2n) is 7.92. The molecule has 4 aromatic rings. The van der Waals surface area contributed by atoms with Crippen LogP contribution < -0.4 is 9.64 Å². The molecule has 8 heteroatoms. The second kappa shape index (κ2) is 8.70. The van der Waals surface area contributed by atoms with Crippen LogP contribution >= 0.6 is 27.3 Å². The van der Waals surface area contributed by atoms with E-state index in [4.69, 9.17) is 4.74 Å². The summed E-state index contributed by atoms with van der Waals surface area (Å²) >= 11 is 4.71. The third-order valence-electron chi connectivity index (χ3n) is 5.76.